The van der Waals surface area contributed by atoms with Crippen molar-refractivity contribution in [1.29, 1.82) is 0 Å². The fourth-order valence-electron chi connectivity index (χ4n) is 6.17. The van der Waals surface area contributed by atoms with E-state index in [2.05, 4.69) is 0 Å². The summed E-state index contributed by atoms with van der Waals surface area (Å²) in [6.45, 7) is 0. The molecule has 0 N–H and O–H groups in total. The molecule has 0 heterocycles. The summed E-state index contributed by atoms with van der Waals surface area (Å²) >= 11 is 0. The lowest BCUT2D eigenvalue weighted by molar-refractivity contribution is 0.352. The van der Waals surface area contributed by atoms with Crippen LogP contribution in [0.4, 0.5) is 0 Å². The topological polar surface area (TPSA) is 80.1 Å². The first kappa shape index (κ1) is 39.8. The Morgan fingerprint density at radius 3 is 0.583 bits per heavy atom. The smallest absolute Gasteiger partial charge is 0.401 e. The lowest BCUT2D eigenvalue weighted by Gasteiger charge is -2.31. The maximum atomic E-state index is 6.94. The standard InChI is InChI=1S/C50H42N2O6P2/c1-9-25-41(26-10-1)49(51-59(53-43-29-13-3-14-30-43,54-44-31-15-4-16-32-44)55-45-33-17-5-18-34-45)50(42-27-11-2-12-28-42)52-60(56-46-35-19-6-20-36-46,57-47-37-21-7-22-38-47)58-48-39-23-8-24-40-48/h1-40,49-50H/t49-,50-/m1/s1. The quantitative estimate of drug-likeness (QED) is 0.0851. The van der Waals surface area contributed by atoms with Gasteiger partial charge in [0.2, 0.25) is 0 Å². The van der Waals surface area contributed by atoms with E-state index in [0.717, 1.165) is 11.1 Å². The lowest BCUT2D eigenvalue weighted by atomic mass is 9.95. The fourth-order valence-corrected chi connectivity index (χ4v) is 10.1. The van der Waals surface area contributed by atoms with Crippen molar-refractivity contribution in [3.63, 3.8) is 0 Å². The summed E-state index contributed by atoms with van der Waals surface area (Å²) < 4.78 is 52.9. The Bertz CT molecular complexity index is 2210. The van der Waals surface area contributed by atoms with Crippen LogP contribution < -0.4 is 27.1 Å². The van der Waals surface area contributed by atoms with Gasteiger partial charge in [0.15, 0.2) is 0 Å². The van der Waals surface area contributed by atoms with Crippen molar-refractivity contribution in [3.05, 3.63) is 254 Å². The third-order valence-corrected chi connectivity index (χ3v) is 12.6. The van der Waals surface area contributed by atoms with E-state index in [-0.39, 0.29) is 0 Å². The third kappa shape index (κ3) is 10.7. The Hall–Kier alpha value is -6.98. The van der Waals surface area contributed by atoms with Gasteiger partial charge < -0.3 is 27.1 Å². The van der Waals surface area contributed by atoms with Gasteiger partial charge in [-0.25, -0.2) is 0 Å². The molecule has 0 aliphatic carbocycles. The molecule has 0 spiro atoms. The Morgan fingerprint density at radius 1 is 0.233 bits per heavy atom. The van der Waals surface area contributed by atoms with Crippen LogP contribution in [0.15, 0.2) is 252 Å². The molecule has 8 nitrogen and oxygen atoms in total. The summed E-state index contributed by atoms with van der Waals surface area (Å²) in [5.41, 5.74) is 1.61. The van der Waals surface area contributed by atoms with Gasteiger partial charge in [-0.1, -0.05) is 170 Å². The van der Waals surface area contributed by atoms with Crippen molar-refractivity contribution >= 4 is 15.5 Å². The highest BCUT2D eigenvalue weighted by molar-refractivity contribution is 7.53. The largest absolute Gasteiger partial charge is 0.523 e. The van der Waals surface area contributed by atoms with E-state index in [1.165, 1.54) is 0 Å². The van der Waals surface area contributed by atoms with Crippen LogP contribution in [0.25, 0.3) is 0 Å². The number of benzene rings is 8. The fraction of sp³-hybridized carbons (Fsp3) is 0.0400. The number of nitrogens with zero attached hydrogens (tertiary/aromatic N) is 2. The predicted molar refractivity (Wildman–Crippen MR) is 239 cm³/mol. The van der Waals surface area contributed by atoms with Crippen LogP contribution in [-0.2, 0) is 0 Å². The van der Waals surface area contributed by atoms with E-state index >= 15 is 0 Å². The van der Waals surface area contributed by atoms with Gasteiger partial charge in [-0.15, -0.1) is 0 Å². The molecule has 2 atom stereocenters. The Morgan fingerprint density at radius 2 is 0.400 bits per heavy atom. The van der Waals surface area contributed by atoms with Gasteiger partial charge in [-0.05, 0) is 83.9 Å². The van der Waals surface area contributed by atoms with Crippen LogP contribution >= 0.6 is 15.5 Å². The zero-order chi connectivity index (χ0) is 40.7. The molecule has 0 aliphatic heterocycles. The normalized spacial score (nSPS) is 12.2. The van der Waals surface area contributed by atoms with Crippen molar-refractivity contribution in [2.24, 2.45) is 9.49 Å². The average Bonchev–Trinajstić information content (AvgIpc) is 3.30. The van der Waals surface area contributed by atoms with E-state index in [0.29, 0.717) is 34.5 Å². The molecule has 0 aliphatic rings. The molecule has 60 heavy (non-hydrogen) atoms. The van der Waals surface area contributed by atoms with Gasteiger partial charge >= 0.3 is 15.5 Å². The van der Waals surface area contributed by atoms with E-state index in [1.807, 2.05) is 243 Å². The molecule has 298 valence electrons. The minimum atomic E-state index is -3.87. The Kier molecular flexibility index (Phi) is 13.0. The molecule has 8 aromatic rings. The first-order valence-electron chi connectivity index (χ1n) is 19.4. The van der Waals surface area contributed by atoms with Crippen LogP contribution in [0.3, 0.4) is 0 Å². The van der Waals surface area contributed by atoms with Crippen LogP contribution in [0.5, 0.6) is 34.5 Å². The third-order valence-electron chi connectivity index (χ3n) is 8.90. The molecule has 8 aromatic carbocycles. The molecule has 0 radical (unpaired) electrons. The first-order valence-corrected chi connectivity index (χ1v) is 22.4. The molecule has 8 rings (SSSR count). The van der Waals surface area contributed by atoms with Gasteiger partial charge in [0.25, 0.3) is 0 Å². The molecule has 0 saturated carbocycles. The summed E-state index contributed by atoms with van der Waals surface area (Å²) in [5, 5.41) is 0. The van der Waals surface area contributed by atoms with Gasteiger partial charge in [0, 0.05) is 0 Å². The average molecular weight is 829 g/mol. The maximum absolute atomic E-state index is 6.94. The highest BCUT2D eigenvalue weighted by atomic mass is 31.2. The Labute approximate surface area is 351 Å². The zero-order valence-electron chi connectivity index (χ0n) is 32.5. The van der Waals surface area contributed by atoms with Gasteiger partial charge in [0.05, 0.1) is 0 Å². The van der Waals surface area contributed by atoms with Gasteiger partial charge in [-0.2, -0.15) is 9.49 Å². The molecular formula is C50H42N2O6P2. The summed E-state index contributed by atoms with van der Waals surface area (Å²) in [6, 6.07) is 74.7. The molecule has 0 unspecified atom stereocenters. The molecule has 0 amide bonds. The van der Waals surface area contributed by atoms with Gasteiger partial charge in [-0.3, -0.25) is 0 Å². The van der Waals surface area contributed by atoms with Crippen molar-refractivity contribution in [3.8, 4) is 34.5 Å². The molecule has 10 heteroatoms. The minimum Gasteiger partial charge on any atom is -0.401 e. The summed E-state index contributed by atoms with van der Waals surface area (Å²) in [7, 11) is -7.74. The summed E-state index contributed by atoms with van der Waals surface area (Å²) in [5.74, 6) is 3.06. The second kappa shape index (κ2) is 19.6. The predicted octanol–water partition coefficient (Wildman–Crippen LogP) is 14.8. The second-order valence-electron chi connectivity index (χ2n) is 13.3. The Balaban J connectivity index is 1.44. The van der Waals surface area contributed by atoms with Crippen LogP contribution in [0, 0.1) is 0 Å². The van der Waals surface area contributed by atoms with Crippen molar-refractivity contribution in [2.75, 3.05) is 0 Å². The van der Waals surface area contributed by atoms with Crippen molar-refractivity contribution in [2.45, 2.75) is 12.1 Å². The second-order valence-corrected chi connectivity index (χ2v) is 16.7. The van der Waals surface area contributed by atoms with Crippen LogP contribution in [-0.4, -0.2) is 0 Å². The number of rotatable bonds is 17. The van der Waals surface area contributed by atoms with Gasteiger partial charge in [0.1, 0.15) is 46.6 Å². The van der Waals surface area contributed by atoms with E-state index < -0.39 is 27.6 Å². The SMILES string of the molecule is c1ccc(OP(=N[C@H](c2ccccc2)[C@H](N=P(Oc2ccccc2)(Oc2ccccc2)Oc2ccccc2)c2ccccc2)(Oc2ccccc2)Oc2ccccc2)cc1. The van der Waals surface area contributed by atoms with E-state index in [4.69, 9.17) is 36.6 Å². The highest BCUT2D eigenvalue weighted by Crippen LogP contribution is 2.60. The molecule has 0 saturated heterocycles. The minimum absolute atomic E-state index is 0.510. The van der Waals surface area contributed by atoms with Crippen LogP contribution in [0.2, 0.25) is 0 Å². The molecule has 0 fully saturated rings. The summed E-state index contributed by atoms with van der Waals surface area (Å²) in [6.07, 6.45) is 0. The molecule has 0 aromatic heterocycles. The van der Waals surface area contributed by atoms with Crippen LogP contribution in [0.1, 0.15) is 23.2 Å². The van der Waals surface area contributed by atoms with E-state index in [1.54, 1.807) is 0 Å². The number of hydrogen-bond donors (Lipinski definition) is 0. The monoisotopic (exact) mass is 828 g/mol. The number of para-hydroxylation sites is 6. The zero-order valence-corrected chi connectivity index (χ0v) is 34.3. The van der Waals surface area contributed by atoms with E-state index in [9.17, 15) is 0 Å². The lowest BCUT2D eigenvalue weighted by Crippen LogP contribution is -2.16. The van der Waals surface area contributed by atoms with Crippen molar-refractivity contribution < 1.29 is 27.1 Å². The molecule has 0 bridgehead atoms. The number of hydrogen-bond acceptors (Lipinski definition) is 8. The first-order chi connectivity index (χ1) is 29.6. The highest BCUT2D eigenvalue weighted by Gasteiger charge is 2.40. The van der Waals surface area contributed by atoms with Crippen molar-refractivity contribution in [1.82, 2.24) is 0 Å². The summed E-state index contributed by atoms with van der Waals surface area (Å²) in [4.78, 5) is 0. The maximum Gasteiger partial charge on any atom is 0.523 e. The molecular weight excluding hydrogens is 787 g/mol.